The van der Waals surface area contributed by atoms with Gasteiger partial charge in [0.05, 0.1) is 5.39 Å². The maximum Gasteiger partial charge on any atom is 0.246 e. The van der Waals surface area contributed by atoms with Crippen molar-refractivity contribution >= 4 is 22.8 Å². The van der Waals surface area contributed by atoms with Gasteiger partial charge in [0, 0.05) is 50.2 Å². The van der Waals surface area contributed by atoms with Crippen LogP contribution in [0.2, 0.25) is 0 Å². The number of ether oxygens (including phenoxy) is 1. The molecule has 2 aliphatic rings. The van der Waals surface area contributed by atoms with Crippen LogP contribution in [0.15, 0.2) is 73.6 Å². The molecular weight excluding hydrogens is 512 g/mol. The largest absolute Gasteiger partial charge is 0.457 e. The molecule has 2 aliphatic heterocycles. The summed E-state index contributed by atoms with van der Waals surface area (Å²) in [6.07, 6.45) is 4.88. The molecule has 0 saturated carbocycles. The molecule has 4 aromatic rings. The van der Waals surface area contributed by atoms with Crippen LogP contribution in [0.5, 0.6) is 11.5 Å². The third kappa shape index (κ3) is 5.17. The molecule has 1 unspecified atom stereocenters. The molecular formula is C33H34N6O2. The van der Waals surface area contributed by atoms with Crippen LogP contribution in [0.3, 0.4) is 0 Å². The minimum absolute atomic E-state index is 0.0257. The summed E-state index contributed by atoms with van der Waals surface area (Å²) in [5.41, 5.74) is 9.91. The minimum Gasteiger partial charge on any atom is -0.457 e. The van der Waals surface area contributed by atoms with Crippen molar-refractivity contribution in [2.45, 2.75) is 31.8 Å². The van der Waals surface area contributed by atoms with Crippen molar-refractivity contribution < 1.29 is 9.53 Å². The van der Waals surface area contributed by atoms with E-state index in [0.717, 1.165) is 71.8 Å². The van der Waals surface area contributed by atoms with E-state index in [1.165, 1.54) is 12.4 Å². The Morgan fingerprint density at radius 3 is 2.54 bits per heavy atom. The van der Waals surface area contributed by atoms with Crippen molar-refractivity contribution in [3.05, 3.63) is 79.3 Å². The van der Waals surface area contributed by atoms with E-state index in [0.29, 0.717) is 11.9 Å². The molecule has 1 amide bonds. The normalized spacial score (nSPS) is 19.3. The van der Waals surface area contributed by atoms with E-state index in [-0.39, 0.29) is 17.9 Å². The number of likely N-dealkylation sites (tertiary alicyclic amines) is 2. The lowest BCUT2D eigenvalue weighted by atomic mass is 9.90. The van der Waals surface area contributed by atoms with E-state index in [9.17, 15) is 4.79 Å². The first-order valence-electron chi connectivity index (χ1n) is 14.0. The number of aryl methyl sites for hydroxylation is 1. The Kier molecular flexibility index (Phi) is 7.21. The average molecular weight is 547 g/mol. The molecule has 6 rings (SSSR count). The van der Waals surface area contributed by atoms with Gasteiger partial charge in [-0.15, -0.1) is 0 Å². The molecule has 4 heterocycles. The van der Waals surface area contributed by atoms with Crippen molar-refractivity contribution in [3.63, 3.8) is 0 Å². The number of hydrogen-bond donors (Lipinski definition) is 1. The molecule has 8 heteroatoms. The zero-order chi connectivity index (χ0) is 28.5. The maximum atomic E-state index is 12.1. The van der Waals surface area contributed by atoms with Gasteiger partial charge < -0.3 is 19.9 Å². The number of amides is 1. The highest BCUT2D eigenvalue weighted by atomic mass is 16.5. The summed E-state index contributed by atoms with van der Waals surface area (Å²) >= 11 is 0. The van der Waals surface area contributed by atoms with Gasteiger partial charge in [0.25, 0.3) is 0 Å². The number of nitrogens with two attached hydrogens (primary N) is 1. The number of benzene rings is 2. The van der Waals surface area contributed by atoms with Gasteiger partial charge in [0.1, 0.15) is 35.0 Å². The highest BCUT2D eigenvalue weighted by molar-refractivity contribution is 6.03. The molecule has 8 nitrogen and oxygen atoms in total. The second kappa shape index (κ2) is 11.1. The fourth-order valence-corrected chi connectivity index (χ4v) is 6.01. The van der Waals surface area contributed by atoms with Gasteiger partial charge in [-0.25, -0.2) is 9.97 Å². The number of carbonyl (C=O) groups excluding carboxylic acids is 1. The standard InChI is InChI=1S/C33H34N6O2/c1-4-29(40)39-17-16-25(18-22(39)2)38-19-23(20-38)10-15-28-30(31-32(34)35-21-36-33(31)37(28)3)24-11-13-27(14-12-24)41-26-8-6-5-7-9-26/h4-9,11-14,21-23,25H,1,16-20H2,2-3H3,(H2,34,35,36)/t22-,25?/m0/s1. The number of anilines is 1. The summed E-state index contributed by atoms with van der Waals surface area (Å²) in [6, 6.07) is 18.4. The van der Waals surface area contributed by atoms with Crippen LogP contribution in [-0.2, 0) is 11.8 Å². The highest BCUT2D eigenvalue weighted by Gasteiger charge is 2.36. The smallest absolute Gasteiger partial charge is 0.246 e. The first-order valence-corrected chi connectivity index (χ1v) is 14.0. The number of nitrogens with zero attached hydrogens (tertiary/aromatic N) is 5. The monoisotopic (exact) mass is 546 g/mol. The van der Waals surface area contributed by atoms with E-state index in [4.69, 9.17) is 10.5 Å². The predicted molar refractivity (Wildman–Crippen MR) is 161 cm³/mol. The van der Waals surface area contributed by atoms with E-state index in [1.807, 2.05) is 71.1 Å². The zero-order valence-corrected chi connectivity index (χ0v) is 23.5. The molecule has 2 aromatic carbocycles. The number of hydrogen-bond acceptors (Lipinski definition) is 6. The van der Waals surface area contributed by atoms with E-state index >= 15 is 0 Å². The lowest BCUT2D eigenvalue weighted by Gasteiger charge is -2.47. The number of fused-ring (bicyclic) bond motifs is 1. The number of nitrogen functional groups attached to an aromatic ring is 1. The molecule has 2 aromatic heterocycles. The van der Waals surface area contributed by atoms with Gasteiger partial charge in [-0.2, -0.15) is 0 Å². The van der Waals surface area contributed by atoms with Crippen LogP contribution in [0.4, 0.5) is 5.82 Å². The van der Waals surface area contributed by atoms with Crippen molar-refractivity contribution in [1.82, 2.24) is 24.3 Å². The third-order valence-corrected chi connectivity index (χ3v) is 8.25. The minimum atomic E-state index is 0.0257. The van der Waals surface area contributed by atoms with Gasteiger partial charge in [-0.1, -0.05) is 42.8 Å². The Morgan fingerprint density at radius 2 is 1.83 bits per heavy atom. The zero-order valence-electron chi connectivity index (χ0n) is 23.5. The van der Waals surface area contributed by atoms with Crippen LogP contribution in [-0.4, -0.2) is 62.0 Å². The van der Waals surface area contributed by atoms with Crippen LogP contribution in [0.25, 0.3) is 22.2 Å². The molecule has 2 N–H and O–H groups in total. The van der Waals surface area contributed by atoms with Gasteiger partial charge in [-0.3, -0.25) is 9.69 Å². The van der Waals surface area contributed by atoms with Gasteiger partial charge in [0.2, 0.25) is 5.91 Å². The molecule has 208 valence electrons. The molecule has 0 spiro atoms. The fourth-order valence-electron chi connectivity index (χ4n) is 6.01. The molecule has 2 atom stereocenters. The second-order valence-electron chi connectivity index (χ2n) is 10.9. The summed E-state index contributed by atoms with van der Waals surface area (Å²) in [5.74, 6) is 9.29. The Bertz CT molecular complexity index is 1640. The topological polar surface area (TPSA) is 89.5 Å². The molecule has 2 saturated heterocycles. The summed E-state index contributed by atoms with van der Waals surface area (Å²) in [4.78, 5) is 25.3. The third-order valence-electron chi connectivity index (χ3n) is 8.25. The molecule has 0 radical (unpaired) electrons. The van der Waals surface area contributed by atoms with Crippen LogP contribution in [0.1, 0.15) is 25.5 Å². The van der Waals surface area contributed by atoms with Crippen LogP contribution < -0.4 is 10.5 Å². The Hall–Kier alpha value is -4.61. The van der Waals surface area contributed by atoms with Gasteiger partial charge in [0.15, 0.2) is 0 Å². The number of carbonyl (C=O) groups is 1. The average Bonchev–Trinajstić information content (AvgIpc) is 3.25. The van der Waals surface area contributed by atoms with Crippen molar-refractivity contribution in [3.8, 4) is 34.5 Å². The van der Waals surface area contributed by atoms with Gasteiger partial charge >= 0.3 is 0 Å². The summed E-state index contributed by atoms with van der Waals surface area (Å²) in [6.45, 7) is 8.42. The summed E-state index contributed by atoms with van der Waals surface area (Å²) in [5, 5.41) is 0.807. The maximum absolute atomic E-state index is 12.1. The van der Waals surface area contributed by atoms with Crippen LogP contribution >= 0.6 is 0 Å². The quantitative estimate of drug-likeness (QED) is 0.284. The number of para-hydroxylation sites is 1. The van der Waals surface area contributed by atoms with E-state index in [2.05, 4.69) is 40.2 Å². The lowest BCUT2D eigenvalue weighted by molar-refractivity contribution is -0.130. The SMILES string of the molecule is C=CC(=O)N1CCC(N2CC(C#Cc3c(-c4ccc(Oc5ccccc5)cc4)c4c(N)ncnc4n3C)C2)C[C@@H]1C. The number of aromatic nitrogens is 3. The molecule has 41 heavy (non-hydrogen) atoms. The molecule has 2 fully saturated rings. The Labute approximate surface area is 240 Å². The number of rotatable bonds is 5. The Balaban J connectivity index is 1.22. The lowest BCUT2D eigenvalue weighted by Crippen LogP contribution is -2.57. The molecule has 0 bridgehead atoms. The fraction of sp³-hybridized carbons (Fsp3) is 0.303. The highest BCUT2D eigenvalue weighted by Crippen LogP contribution is 2.37. The van der Waals surface area contributed by atoms with Crippen LogP contribution in [0, 0.1) is 17.8 Å². The van der Waals surface area contributed by atoms with Crippen molar-refractivity contribution in [1.29, 1.82) is 0 Å². The van der Waals surface area contributed by atoms with E-state index in [1.54, 1.807) is 0 Å². The summed E-state index contributed by atoms with van der Waals surface area (Å²) < 4.78 is 8.00. The first-order chi connectivity index (χ1) is 19.9. The van der Waals surface area contributed by atoms with E-state index < -0.39 is 0 Å². The summed E-state index contributed by atoms with van der Waals surface area (Å²) in [7, 11) is 1.97. The Morgan fingerprint density at radius 1 is 1.10 bits per heavy atom. The number of piperidine rings is 1. The van der Waals surface area contributed by atoms with Crippen molar-refractivity contribution in [2.24, 2.45) is 13.0 Å². The van der Waals surface area contributed by atoms with Gasteiger partial charge in [-0.05, 0) is 61.6 Å². The molecule has 0 aliphatic carbocycles. The second-order valence-corrected chi connectivity index (χ2v) is 10.9. The first kappa shape index (κ1) is 26.6. The van der Waals surface area contributed by atoms with Crippen molar-refractivity contribution in [2.75, 3.05) is 25.4 Å². The predicted octanol–water partition coefficient (Wildman–Crippen LogP) is 4.86.